The van der Waals surface area contributed by atoms with E-state index in [-0.39, 0.29) is 11.1 Å². The Hall–Kier alpha value is -2.53. The molecule has 0 bridgehead atoms. The van der Waals surface area contributed by atoms with Gasteiger partial charge in [0.1, 0.15) is 0 Å². The van der Waals surface area contributed by atoms with Crippen LogP contribution in [0.25, 0.3) is 6.08 Å². The van der Waals surface area contributed by atoms with Gasteiger partial charge >= 0.3 is 0 Å². The lowest BCUT2D eigenvalue weighted by molar-refractivity contribution is -0.123. The predicted octanol–water partition coefficient (Wildman–Crippen LogP) is 4.83. The zero-order valence-electron chi connectivity index (χ0n) is 15.4. The number of carbonyl (C=O) groups excluding carboxylic acids is 2. The van der Waals surface area contributed by atoms with E-state index < -0.39 is 0 Å². The number of nitrogens with zero attached hydrogens (tertiary/aromatic N) is 2. The van der Waals surface area contributed by atoms with Crippen molar-refractivity contribution in [3.63, 3.8) is 0 Å². The van der Waals surface area contributed by atoms with Crippen LogP contribution in [0.3, 0.4) is 0 Å². The fourth-order valence-corrected chi connectivity index (χ4v) is 4.26. The molecule has 0 aliphatic carbocycles. The summed E-state index contributed by atoms with van der Waals surface area (Å²) in [4.78, 5) is 29.2. The molecule has 4 rings (SSSR count). The Bertz CT molecular complexity index is 882. The highest BCUT2D eigenvalue weighted by molar-refractivity contribution is 8.18. The molecule has 2 saturated heterocycles. The molecule has 0 saturated carbocycles. The Kier molecular flexibility index (Phi) is 5.03. The zero-order valence-corrected chi connectivity index (χ0v) is 16.2. The molecule has 0 spiro atoms. The van der Waals surface area contributed by atoms with Crippen molar-refractivity contribution in [3.8, 4) is 0 Å². The fraction of sp³-hybridized carbons (Fsp3) is 0.273. The van der Waals surface area contributed by atoms with Gasteiger partial charge in [0, 0.05) is 18.8 Å². The lowest BCUT2D eigenvalue weighted by atomic mass is 10.1. The van der Waals surface area contributed by atoms with Crippen LogP contribution in [0.2, 0.25) is 0 Å². The van der Waals surface area contributed by atoms with Crippen LogP contribution in [0.4, 0.5) is 10.5 Å². The Balaban J connectivity index is 1.48. The molecule has 0 aromatic heterocycles. The molecule has 27 heavy (non-hydrogen) atoms. The maximum atomic E-state index is 12.7. The number of rotatable bonds is 4. The van der Waals surface area contributed by atoms with Gasteiger partial charge in [-0.1, -0.05) is 42.0 Å². The van der Waals surface area contributed by atoms with Crippen molar-refractivity contribution in [3.05, 3.63) is 70.1 Å². The van der Waals surface area contributed by atoms with Crippen molar-refractivity contribution in [2.75, 3.05) is 18.0 Å². The summed E-state index contributed by atoms with van der Waals surface area (Å²) < 4.78 is 0. The predicted molar refractivity (Wildman–Crippen MR) is 111 cm³/mol. The Morgan fingerprint density at radius 1 is 0.963 bits per heavy atom. The third-order valence-corrected chi connectivity index (χ3v) is 5.90. The van der Waals surface area contributed by atoms with Crippen LogP contribution in [-0.2, 0) is 11.3 Å². The second-order valence-corrected chi connectivity index (χ2v) is 8.03. The molecule has 0 unspecified atom stereocenters. The van der Waals surface area contributed by atoms with Crippen molar-refractivity contribution < 1.29 is 9.59 Å². The molecular weight excluding hydrogens is 356 g/mol. The van der Waals surface area contributed by atoms with Crippen LogP contribution >= 0.6 is 11.8 Å². The normalized spacial score (nSPS) is 18.8. The molecule has 138 valence electrons. The van der Waals surface area contributed by atoms with E-state index in [9.17, 15) is 9.59 Å². The highest BCUT2D eigenvalue weighted by Crippen LogP contribution is 2.33. The van der Waals surface area contributed by atoms with E-state index in [0.29, 0.717) is 11.4 Å². The summed E-state index contributed by atoms with van der Waals surface area (Å²) in [7, 11) is 0. The smallest absolute Gasteiger partial charge is 0.293 e. The van der Waals surface area contributed by atoms with Crippen LogP contribution in [-0.4, -0.2) is 29.1 Å². The van der Waals surface area contributed by atoms with Gasteiger partial charge in [-0.15, -0.1) is 0 Å². The standard InChI is InChI=1S/C22H22N2O2S/c1-16-4-6-18(7-5-16)15-24-21(25)20(27-22(24)26)14-17-8-10-19(11-9-17)23-12-2-3-13-23/h4-11,14H,2-3,12-13,15H2,1H3/b20-14-. The van der Waals surface area contributed by atoms with Crippen LogP contribution < -0.4 is 4.90 Å². The number of thioether (sulfide) groups is 1. The van der Waals surface area contributed by atoms with Crippen molar-refractivity contribution in [1.29, 1.82) is 0 Å². The minimum atomic E-state index is -0.214. The van der Waals surface area contributed by atoms with Crippen LogP contribution in [0, 0.1) is 6.92 Å². The summed E-state index contributed by atoms with van der Waals surface area (Å²) in [5.41, 5.74) is 4.28. The lowest BCUT2D eigenvalue weighted by Crippen LogP contribution is -2.27. The number of carbonyl (C=O) groups is 2. The van der Waals surface area contributed by atoms with Gasteiger partial charge in [-0.3, -0.25) is 14.5 Å². The van der Waals surface area contributed by atoms with Crippen molar-refractivity contribution in [1.82, 2.24) is 4.90 Å². The van der Waals surface area contributed by atoms with E-state index in [1.165, 1.54) is 23.4 Å². The second-order valence-electron chi connectivity index (χ2n) is 7.04. The van der Waals surface area contributed by atoms with Gasteiger partial charge in [0.05, 0.1) is 11.4 Å². The minimum Gasteiger partial charge on any atom is -0.372 e. The molecule has 4 nitrogen and oxygen atoms in total. The third-order valence-electron chi connectivity index (χ3n) is 5.00. The maximum absolute atomic E-state index is 12.7. The summed E-state index contributed by atoms with van der Waals surface area (Å²) in [6.07, 6.45) is 4.31. The Morgan fingerprint density at radius 3 is 2.30 bits per heavy atom. The quantitative estimate of drug-likeness (QED) is 0.715. The molecule has 0 atom stereocenters. The first-order valence-corrected chi connectivity index (χ1v) is 10.1. The number of benzene rings is 2. The molecule has 2 aromatic rings. The van der Waals surface area contributed by atoms with Gasteiger partial charge in [0.15, 0.2) is 0 Å². The number of imide groups is 1. The first kappa shape index (κ1) is 17.9. The lowest BCUT2D eigenvalue weighted by Gasteiger charge is -2.17. The molecular formula is C22H22N2O2S. The zero-order chi connectivity index (χ0) is 18.8. The fourth-order valence-electron chi connectivity index (χ4n) is 3.42. The van der Waals surface area contributed by atoms with E-state index in [1.807, 2.05) is 49.4 Å². The van der Waals surface area contributed by atoms with Crippen molar-refractivity contribution >= 4 is 34.7 Å². The van der Waals surface area contributed by atoms with Crippen molar-refractivity contribution in [2.45, 2.75) is 26.3 Å². The molecule has 2 aliphatic heterocycles. The second kappa shape index (κ2) is 7.61. The highest BCUT2D eigenvalue weighted by atomic mass is 32.2. The molecule has 2 amide bonds. The van der Waals surface area contributed by atoms with Gasteiger partial charge in [-0.2, -0.15) is 0 Å². The Labute approximate surface area is 163 Å². The minimum absolute atomic E-state index is 0.208. The van der Waals surface area contributed by atoms with Gasteiger partial charge in [-0.25, -0.2) is 0 Å². The molecule has 2 aliphatic rings. The SMILES string of the molecule is Cc1ccc(CN2C(=O)S/C(=C\c3ccc(N4CCCC4)cc3)C2=O)cc1. The molecule has 5 heteroatoms. The Morgan fingerprint density at radius 2 is 1.63 bits per heavy atom. The maximum Gasteiger partial charge on any atom is 0.293 e. The first-order valence-electron chi connectivity index (χ1n) is 9.26. The van der Waals surface area contributed by atoms with E-state index in [1.54, 1.807) is 0 Å². The van der Waals surface area contributed by atoms with Gasteiger partial charge in [0.25, 0.3) is 11.1 Å². The van der Waals surface area contributed by atoms with E-state index in [4.69, 9.17) is 0 Å². The highest BCUT2D eigenvalue weighted by Gasteiger charge is 2.34. The van der Waals surface area contributed by atoms with Crippen LogP contribution in [0.15, 0.2) is 53.4 Å². The largest absolute Gasteiger partial charge is 0.372 e. The third kappa shape index (κ3) is 3.93. The number of hydrogen-bond donors (Lipinski definition) is 0. The molecule has 0 N–H and O–H groups in total. The number of hydrogen-bond acceptors (Lipinski definition) is 4. The topological polar surface area (TPSA) is 40.6 Å². The summed E-state index contributed by atoms with van der Waals surface area (Å²) in [6, 6.07) is 16.1. The molecule has 2 aromatic carbocycles. The first-order chi connectivity index (χ1) is 13.1. The van der Waals surface area contributed by atoms with Gasteiger partial charge in [-0.05, 0) is 60.9 Å². The van der Waals surface area contributed by atoms with E-state index in [0.717, 1.165) is 41.5 Å². The molecule has 2 heterocycles. The summed E-state index contributed by atoms with van der Waals surface area (Å²) in [5.74, 6) is -0.214. The summed E-state index contributed by atoms with van der Waals surface area (Å²) >= 11 is 1.02. The number of aryl methyl sites for hydroxylation is 1. The average molecular weight is 378 g/mol. The van der Waals surface area contributed by atoms with Crippen LogP contribution in [0.1, 0.15) is 29.5 Å². The van der Waals surface area contributed by atoms with Crippen molar-refractivity contribution in [2.24, 2.45) is 0 Å². The van der Waals surface area contributed by atoms with Gasteiger partial charge < -0.3 is 4.90 Å². The average Bonchev–Trinajstić information content (AvgIpc) is 3.29. The van der Waals surface area contributed by atoms with Crippen LogP contribution in [0.5, 0.6) is 0 Å². The number of amides is 2. The van der Waals surface area contributed by atoms with E-state index in [2.05, 4.69) is 17.0 Å². The molecule has 0 radical (unpaired) electrons. The van der Waals surface area contributed by atoms with Gasteiger partial charge in [0.2, 0.25) is 0 Å². The summed E-state index contributed by atoms with van der Waals surface area (Å²) in [5, 5.41) is -0.208. The number of anilines is 1. The molecule has 2 fully saturated rings. The monoisotopic (exact) mass is 378 g/mol. The van der Waals surface area contributed by atoms with E-state index >= 15 is 0 Å². The summed E-state index contributed by atoms with van der Waals surface area (Å²) in [6.45, 7) is 4.55.